The summed E-state index contributed by atoms with van der Waals surface area (Å²) in [6, 6.07) is 8.16. The Labute approximate surface area is 107 Å². The maximum Gasteiger partial charge on any atom is 0.254 e. The van der Waals surface area contributed by atoms with Crippen molar-refractivity contribution in [3.05, 3.63) is 45.7 Å². The molecule has 1 atom stereocenters. The summed E-state index contributed by atoms with van der Waals surface area (Å²) in [6.07, 6.45) is 1.55. The number of aryl methyl sites for hydroxylation is 2. The summed E-state index contributed by atoms with van der Waals surface area (Å²) in [4.78, 5) is 12.3. The second-order valence-electron chi connectivity index (χ2n) is 4.92. The molecule has 2 N–H and O–H groups in total. The number of nitrogens with zero attached hydrogens (tertiary/aromatic N) is 1. The molecule has 96 valence electrons. The second-order valence-corrected chi connectivity index (χ2v) is 4.92. The van der Waals surface area contributed by atoms with Crippen LogP contribution < -0.4 is 11.3 Å². The molecule has 0 bridgehead atoms. The van der Waals surface area contributed by atoms with Crippen molar-refractivity contribution in [2.75, 3.05) is 0 Å². The fourth-order valence-electron chi connectivity index (χ4n) is 2.48. The van der Waals surface area contributed by atoms with E-state index in [-0.39, 0.29) is 11.6 Å². The van der Waals surface area contributed by atoms with Gasteiger partial charge in [-0.1, -0.05) is 25.1 Å². The monoisotopic (exact) mass is 244 g/mol. The van der Waals surface area contributed by atoms with Crippen LogP contribution in [0.25, 0.3) is 10.9 Å². The standard InChI is InChI=1S/C15H20N2O/c1-4-11-6-5-7-12-9-13(8-10(2)16)15(18)17(3)14(11)12/h5-7,9-10H,4,8,16H2,1-3H3. The van der Waals surface area contributed by atoms with Crippen molar-refractivity contribution in [3.8, 4) is 0 Å². The highest BCUT2D eigenvalue weighted by molar-refractivity contribution is 5.83. The number of rotatable bonds is 3. The molecule has 2 rings (SSSR count). The van der Waals surface area contributed by atoms with Crippen LogP contribution >= 0.6 is 0 Å². The van der Waals surface area contributed by atoms with Gasteiger partial charge in [-0.15, -0.1) is 0 Å². The maximum absolute atomic E-state index is 12.3. The third kappa shape index (κ3) is 2.18. The van der Waals surface area contributed by atoms with Gasteiger partial charge in [0, 0.05) is 18.7 Å². The topological polar surface area (TPSA) is 48.0 Å². The lowest BCUT2D eigenvalue weighted by Crippen LogP contribution is -2.27. The first-order valence-corrected chi connectivity index (χ1v) is 6.40. The molecule has 1 aromatic carbocycles. The lowest BCUT2D eigenvalue weighted by molar-refractivity contribution is 0.722. The summed E-state index contributed by atoms with van der Waals surface area (Å²) in [5.74, 6) is 0. The molecule has 0 aliphatic heterocycles. The van der Waals surface area contributed by atoms with Gasteiger partial charge in [-0.3, -0.25) is 4.79 Å². The van der Waals surface area contributed by atoms with Crippen LogP contribution in [0.4, 0.5) is 0 Å². The molecule has 1 unspecified atom stereocenters. The average molecular weight is 244 g/mol. The van der Waals surface area contributed by atoms with Gasteiger partial charge in [-0.2, -0.15) is 0 Å². The molecule has 0 spiro atoms. The molecule has 0 aliphatic rings. The van der Waals surface area contributed by atoms with Crippen molar-refractivity contribution in [2.24, 2.45) is 12.8 Å². The van der Waals surface area contributed by atoms with Gasteiger partial charge in [0.15, 0.2) is 0 Å². The molecular formula is C15H20N2O. The summed E-state index contributed by atoms with van der Waals surface area (Å²) < 4.78 is 1.76. The van der Waals surface area contributed by atoms with Gasteiger partial charge in [0.05, 0.1) is 5.52 Å². The molecule has 18 heavy (non-hydrogen) atoms. The Bertz CT molecular complexity index is 626. The largest absolute Gasteiger partial charge is 0.328 e. The minimum Gasteiger partial charge on any atom is -0.328 e. The zero-order chi connectivity index (χ0) is 13.3. The summed E-state index contributed by atoms with van der Waals surface area (Å²) in [6.45, 7) is 4.03. The quantitative estimate of drug-likeness (QED) is 0.897. The fraction of sp³-hybridized carbons (Fsp3) is 0.400. The van der Waals surface area contributed by atoms with Gasteiger partial charge >= 0.3 is 0 Å². The third-order valence-electron chi connectivity index (χ3n) is 3.32. The number of fused-ring (bicyclic) bond motifs is 1. The molecule has 3 nitrogen and oxygen atoms in total. The number of aromatic nitrogens is 1. The lowest BCUT2D eigenvalue weighted by atomic mass is 10.0. The van der Waals surface area contributed by atoms with Crippen LogP contribution in [0, 0.1) is 0 Å². The van der Waals surface area contributed by atoms with Gasteiger partial charge in [0.1, 0.15) is 0 Å². The number of para-hydroxylation sites is 1. The predicted molar refractivity (Wildman–Crippen MR) is 75.9 cm³/mol. The Morgan fingerprint density at radius 1 is 1.33 bits per heavy atom. The van der Waals surface area contributed by atoms with Crippen molar-refractivity contribution >= 4 is 10.9 Å². The van der Waals surface area contributed by atoms with Crippen LogP contribution in [0.2, 0.25) is 0 Å². The summed E-state index contributed by atoms with van der Waals surface area (Å²) in [5.41, 5.74) is 8.91. The van der Waals surface area contributed by atoms with Crippen LogP contribution in [-0.2, 0) is 19.9 Å². The molecule has 0 saturated carbocycles. The van der Waals surface area contributed by atoms with E-state index in [1.165, 1.54) is 5.56 Å². The van der Waals surface area contributed by atoms with E-state index in [0.29, 0.717) is 6.42 Å². The first-order valence-electron chi connectivity index (χ1n) is 6.40. The van der Waals surface area contributed by atoms with Crippen LogP contribution in [0.5, 0.6) is 0 Å². The molecule has 0 radical (unpaired) electrons. The predicted octanol–water partition coefficient (Wildman–Crippen LogP) is 1.99. The van der Waals surface area contributed by atoms with Crippen molar-refractivity contribution < 1.29 is 0 Å². The second kappa shape index (κ2) is 4.94. The van der Waals surface area contributed by atoms with Gasteiger partial charge in [-0.05, 0) is 36.8 Å². The smallest absolute Gasteiger partial charge is 0.254 e. The van der Waals surface area contributed by atoms with Crippen molar-refractivity contribution in [2.45, 2.75) is 32.7 Å². The maximum atomic E-state index is 12.3. The molecule has 0 fully saturated rings. The van der Waals surface area contributed by atoms with E-state index < -0.39 is 0 Å². The molecule has 1 heterocycles. The van der Waals surface area contributed by atoms with E-state index in [2.05, 4.69) is 19.1 Å². The van der Waals surface area contributed by atoms with Gasteiger partial charge < -0.3 is 10.3 Å². The fourth-order valence-corrected chi connectivity index (χ4v) is 2.48. The molecule has 0 amide bonds. The highest BCUT2D eigenvalue weighted by Crippen LogP contribution is 2.18. The van der Waals surface area contributed by atoms with Gasteiger partial charge in [-0.25, -0.2) is 0 Å². The highest BCUT2D eigenvalue weighted by Gasteiger charge is 2.10. The minimum absolute atomic E-state index is 0.00417. The highest BCUT2D eigenvalue weighted by atomic mass is 16.1. The molecule has 1 aromatic heterocycles. The number of nitrogens with two attached hydrogens (primary N) is 1. The van der Waals surface area contributed by atoms with Crippen molar-refractivity contribution in [1.82, 2.24) is 4.57 Å². The lowest BCUT2D eigenvalue weighted by Gasteiger charge is -2.13. The van der Waals surface area contributed by atoms with Crippen LogP contribution in [0.15, 0.2) is 29.1 Å². The van der Waals surface area contributed by atoms with E-state index in [4.69, 9.17) is 5.73 Å². The van der Waals surface area contributed by atoms with Crippen LogP contribution in [0.1, 0.15) is 25.0 Å². The molecule has 2 aromatic rings. The zero-order valence-electron chi connectivity index (χ0n) is 11.2. The number of pyridine rings is 1. The Hall–Kier alpha value is -1.61. The Morgan fingerprint density at radius 2 is 2.06 bits per heavy atom. The third-order valence-corrected chi connectivity index (χ3v) is 3.32. The van der Waals surface area contributed by atoms with Crippen LogP contribution in [0.3, 0.4) is 0 Å². The first-order chi connectivity index (χ1) is 8.54. The number of hydrogen-bond acceptors (Lipinski definition) is 2. The Kier molecular flexibility index (Phi) is 3.53. The molecule has 0 saturated heterocycles. The zero-order valence-corrected chi connectivity index (χ0v) is 11.2. The van der Waals surface area contributed by atoms with E-state index in [1.54, 1.807) is 4.57 Å². The molecular weight excluding hydrogens is 224 g/mol. The Morgan fingerprint density at radius 3 is 2.67 bits per heavy atom. The summed E-state index contributed by atoms with van der Waals surface area (Å²) in [5, 5.41) is 1.12. The van der Waals surface area contributed by atoms with E-state index >= 15 is 0 Å². The van der Waals surface area contributed by atoms with Gasteiger partial charge in [0.2, 0.25) is 0 Å². The van der Waals surface area contributed by atoms with Crippen molar-refractivity contribution in [3.63, 3.8) is 0 Å². The minimum atomic E-state index is 0.00417. The number of benzene rings is 1. The van der Waals surface area contributed by atoms with E-state index in [1.807, 2.05) is 26.1 Å². The SMILES string of the molecule is CCc1cccc2cc(CC(C)N)c(=O)n(C)c12. The first kappa shape index (κ1) is 12.8. The van der Waals surface area contributed by atoms with E-state index in [0.717, 1.165) is 22.9 Å². The molecule has 3 heteroatoms. The summed E-state index contributed by atoms with van der Waals surface area (Å²) >= 11 is 0. The Balaban J connectivity index is 2.75. The normalized spacial score (nSPS) is 12.9. The van der Waals surface area contributed by atoms with Crippen molar-refractivity contribution in [1.29, 1.82) is 0 Å². The molecule has 0 aliphatic carbocycles. The van der Waals surface area contributed by atoms with Gasteiger partial charge in [0.25, 0.3) is 5.56 Å². The number of hydrogen-bond donors (Lipinski definition) is 1. The average Bonchev–Trinajstić information content (AvgIpc) is 2.34. The van der Waals surface area contributed by atoms with Crippen LogP contribution in [-0.4, -0.2) is 10.6 Å². The summed E-state index contributed by atoms with van der Waals surface area (Å²) in [7, 11) is 1.84. The van der Waals surface area contributed by atoms with E-state index in [9.17, 15) is 4.79 Å².